The molecule has 1 aromatic carbocycles. The average Bonchev–Trinajstić information content (AvgIpc) is 2.05. The van der Waals surface area contributed by atoms with Crippen LogP contribution in [0, 0.1) is 5.82 Å². The summed E-state index contributed by atoms with van der Waals surface area (Å²) in [5, 5.41) is 0. The Hall–Kier alpha value is -0.600. The van der Waals surface area contributed by atoms with Crippen molar-refractivity contribution in [2.24, 2.45) is 5.73 Å². The summed E-state index contributed by atoms with van der Waals surface area (Å²) < 4.78 is 13.2. The molecule has 1 aromatic rings. The van der Waals surface area contributed by atoms with Crippen LogP contribution in [-0.2, 0) is 5.41 Å². The Morgan fingerprint density at radius 2 is 1.85 bits per heavy atom. The van der Waals surface area contributed by atoms with Gasteiger partial charge in [0.05, 0.1) is 0 Å². The van der Waals surface area contributed by atoms with Gasteiger partial charge in [-0.1, -0.05) is 32.0 Å². The smallest absolute Gasteiger partial charge is 0.126 e. The molecule has 0 amide bonds. The first-order valence-corrected chi connectivity index (χ1v) is 4.03. The van der Waals surface area contributed by atoms with Gasteiger partial charge in [-0.05, 0) is 11.6 Å². The molecular weight excluding hydrogens is 189 g/mol. The Labute approximate surface area is 84.5 Å². The largest absolute Gasteiger partial charge is 0.330 e. The first-order valence-electron chi connectivity index (χ1n) is 4.03. The molecule has 13 heavy (non-hydrogen) atoms. The van der Waals surface area contributed by atoms with E-state index in [0.29, 0.717) is 12.1 Å². The standard InChI is InChI=1S/C10H14FN.ClH/c1-10(2,7-12)8-5-3-4-6-9(8)11;/h3-6H,7,12H2,1-2H3;1H. The molecule has 0 saturated heterocycles. The van der Waals surface area contributed by atoms with Gasteiger partial charge in [-0.15, -0.1) is 12.4 Å². The second-order valence-electron chi connectivity index (χ2n) is 3.57. The van der Waals surface area contributed by atoms with Gasteiger partial charge in [0.2, 0.25) is 0 Å². The van der Waals surface area contributed by atoms with E-state index in [2.05, 4.69) is 0 Å². The lowest BCUT2D eigenvalue weighted by atomic mass is 9.84. The van der Waals surface area contributed by atoms with Crippen LogP contribution in [0.2, 0.25) is 0 Å². The third-order valence-electron chi connectivity index (χ3n) is 2.11. The van der Waals surface area contributed by atoms with Crippen LogP contribution in [0.4, 0.5) is 4.39 Å². The number of halogens is 2. The van der Waals surface area contributed by atoms with E-state index in [1.165, 1.54) is 6.07 Å². The van der Waals surface area contributed by atoms with E-state index >= 15 is 0 Å². The van der Waals surface area contributed by atoms with Gasteiger partial charge in [0.25, 0.3) is 0 Å². The monoisotopic (exact) mass is 203 g/mol. The fraction of sp³-hybridized carbons (Fsp3) is 0.400. The van der Waals surface area contributed by atoms with Crippen LogP contribution in [-0.4, -0.2) is 6.54 Å². The molecule has 0 aliphatic heterocycles. The molecule has 0 aliphatic carbocycles. The molecule has 0 bridgehead atoms. The highest BCUT2D eigenvalue weighted by Crippen LogP contribution is 2.23. The van der Waals surface area contributed by atoms with E-state index < -0.39 is 0 Å². The number of nitrogens with two attached hydrogens (primary N) is 1. The first kappa shape index (κ1) is 12.4. The number of hydrogen-bond donors (Lipinski definition) is 1. The Kier molecular flexibility index (Phi) is 4.37. The van der Waals surface area contributed by atoms with Crippen molar-refractivity contribution in [1.29, 1.82) is 0 Å². The molecular formula is C10H15ClFN. The lowest BCUT2D eigenvalue weighted by Crippen LogP contribution is -2.29. The highest BCUT2D eigenvalue weighted by molar-refractivity contribution is 5.85. The van der Waals surface area contributed by atoms with Crippen molar-refractivity contribution in [2.45, 2.75) is 19.3 Å². The van der Waals surface area contributed by atoms with E-state index in [9.17, 15) is 4.39 Å². The van der Waals surface area contributed by atoms with Crippen molar-refractivity contribution in [2.75, 3.05) is 6.54 Å². The second-order valence-corrected chi connectivity index (χ2v) is 3.57. The maximum atomic E-state index is 13.2. The van der Waals surface area contributed by atoms with Gasteiger partial charge in [-0.3, -0.25) is 0 Å². The minimum atomic E-state index is -0.272. The van der Waals surface area contributed by atoms with Crippen molar-refractivity contribution >= 4 is 12.4 Å². The minimum absolute atomic E-state index is 0. The van der Waals surface area contributed by atoms with Crippen molar-refractivity contribution in [3.05, 3.63) is 35.6 Å². The lowest BCUT2D eigenvalue weighted by molar-refractivity contribution is 0.493. The summed E-state index contributed by atoms with van der Waals surface area (Å²) in [4.78, 5) is 0. The van der Waals surface area contributed by atoms with Crippen LogP contribution < -0.4 is 5.73 Å². The fourth-order valence-corrected chi connectivity index (χ4v) is 1.12. The lowest BCUT2D eigenvalue weighted by Gasteiger charge is -2.23. The summed E-state index contributed by atoms with van der Waals surface area (Å²) in [6, 6.07) is 6.76. The third-order valence-corrected chi connectivity index (χ3v) is 2.11. The molecule has 0 unspecified atom stereocenters. The summed E-state index contributed by atoms with van der Waals surface area (Å²) in [6.07, 6.45) is 0. The predicted octanol–water partition coefficient (Wildman–Crippen LogP) is 2.48. The Bertz CT molecular complexity index is 273. The van der Waals surface area contributed by atoms with Crippen molar-refractivity contribution in [1.82, 2.24) is 0 Å². The maximum Gasteiger partial charge on any atom is 0.126 e. The predicted molar refractivity (Wildman–Crippen MR) is 55.7 cm³/mol. The zero-order valence-electron chi connectivity index (χ0n) is 7.88. The summed E-state index contributed by atoms with van der Waals surface area (Å²) in [5.41, 5.74) is 5.96. The molecule has 74 valence electrons. The first-order chi connectivity index (χ1) is 5.58. The van der Waals surface area contributed by atoms with E-state index in [-0.39, 0.29) is 23.6 Å². The molecule has 0 heterocycles. The molecule has 0 radical (unpaired) electrons. The number of benzene rings is 1. The fourth-order valence-electron chi connectivity index (χ4n) is 1.12. The second kappa shape index (κ2) is 4.58. The SMILES string of the molecule is CC(C)(CN)c1ccccc1F.Cl. The summed E-state index contributed by atoms with van der Waals surface area (Å²) in [7, 11) is 0. The van der Waals surface area contributed by atoms with Crippen LogP contribution in [0.3, 0.4) is 0 Å². The third kappa shape index (κ3) is 2.68. The van der Waals surface area contributed by atoms with Crippen LogP contribution in [0.5, 0.6) is 0 Å². The number of hydrogen-bond acceptors (Lipinski definition) is 1. The van der Waals surface area contributed by atoms with Gasteiger partial charge in [0, 0.05) is 12.0 Å². The van der Waals surface area contributed by atoms with Gasteiger partial charge in [0.15, 0.2) is 0 Å². The molecule has 0 spiro atoms. The van der Waals surface area contributed by atoms with E-state index in [1.54, 1.807) is 12.1 Å². The average molecular weight is 204 g/mol. The van der Waals surface area contributed by atoms with Gasteiger partial charge in [-0.2, -0.15) is 0 Å². The Balaban J connectivity index is 0.00000144. The van der Waals surface area contributed by atoms with Crippen LogP contribution in [0.25, 0.3) is 0 Å². The van der Waals surface area contributed by atoms with Gasteiger partial charge in [-0.25, -0.2) is 4.39 Å². The molecule has 0 saturated carbocycles. The normalized spacial score (nSPS) is 10.8. The van der Waals surface area contributed by atoms with E-state index in [1.807, 2.05) is 19.9 Å². The van der Waals surface area contributed by atoms with Gasteiger partial charge >= 0.3 is 0 Å². The van der Waals surface area contributed by atoms with Gasteiger partial charge in [0.1, 0.15) is 5.82 Å². The summed E-state index contributed by atoms with van der Waals surface area (Å²) >= 11 is 0. The van der Waals surface area contributed by atoms with Crippen LogP contribution in [0.15, 0.2) is 24.3 Å². The molecule has 0 fully saturated rings. The molecule has 2 N–H and O–H groups in total. The van der Waals surface area contributed by atoms with Gasteiger partial charge < -0.3 is 5.73 Å². The molecule has 1 rings (SSSR count). The Morgan fingerprint density at radius 3 is 2.31 bits per heavy atom. The topological polar surface area (TPSA) is 26.0 Å². The van der Waals surface area contributed by atoms with Crippen LogP contribution in [0.1, 0.15) is 19.4 Å². The number of rotatable bonds is 2. The molecule has 1 nitrogen and oxygen atoms in total. The van der Waals surface area contributed by atoms with Crippen molar-refractivity contribution in [3.63, 3.8) is 0 Å². The van der Waals surface area contributed by atoms with Crippen molar-refractivity contribution < 1.29 is 4.39 Å². The summed E-state index contributed by atoms with van der Waals surface area (Å²) in [5.74, 6) is -0.173. The molecule has 3 heteroatoms. The zero-order valence-corrected chi connectivity index (χ0v) is 8.70. The quantitative estimate of drug-likeness (QED) is 0.786. The van der Waals surface area contributed by atoms with Crippen LogP contribution >= 0.6 is 12.4 Å². The maximum absolute atomic E-state index is 13.2. The molecule has 0 atom stereocenters. The Morgan fingerprint density at radius 1 is 1.31 bits per heavy atom. The molecule has 0 aliphatic rings. The highest BCUT2D eigenvalue weighted by atomic mass is 35.5. The van der Waals surface area contributed by atoms with E-state index in [4.69, 9.17) is 5.73 Å². The zero-order chi connectivity index (χ0) is 9.19. The van der Waals surface area contributed by atoms with E-state index in [0.717, 1.165) is 0 Å². The molecule has 0 aromatic heterocycles. The highest BCUT2D eigenvalue weighted by Gasteiger charge is 2.21. The van der Waals surface area contributed by atoms with Crippen molar-refractivity contribution in [3.8, 4) is 0 Å². The summed E-state index contributed by atoms with van der Waals surface area (Å²) in [6.45, 7) is 4.32. The minimum Gasteiger partial charge on any atom is -0.330 e.